The van der Waals surface area contributed by atoms with Crippen LogP contribution in [0.25, 0.3) is 11.3 Å². The minimum absolute atomic E-state index is 0.151. The molecule has 0 atom stereocenters. The summed E-state index contributed by atoms with van der Waals surface area (Å²) >= 11 is 0. The molecule has 1 aromatic heterocycles. The van der Waals surface area contributed by atoms with Crippen molar-refractivity contribution >= 4 is 0 Å². The van der Waals surface area contributed by atoms with Crippen LogP contribution in [0.2, 0.25) is 0 Å². The predicted octanol–water partition coefficient (Wildman–Crippen LogP) is 3.34. The number of aromatic hydroxyl groups is 2. The van der Waals surface area contributed by atoms with Crippen LogP contribution < -0.4 is 0 Å². The van der Waals surface area contributed by atoms with Gasteiger partial charge < -0.3 is 14.6 Å². The second-order valence-electron chi connectivity index (χ2n) is 4.49. The largest absolute Gasteiger partial charge is 0.504 e. The van der Waals surface area contributed by atoms with E-state index in [1.54, 1.807) is 12.3 Å². The summed E-state index contributed by atoms with van der Waals surface area (Å²) in [5, 5.41) is 18.8. The van der Waals surface area contributed by atoms with E-state index in [4.69, 9.17) is 4.42 Å². The number of hydrogen-bond donors (Lipinski definition) is 2. The number of phenolic OH excluding ortho intramolecular Hbond substituents is 2. The van der Waals surface area contributed by atoms with Crippen LogP contribution >= 0.6 is 0 Å². The van der Waals surface area contributed by atoms with Gasteiger partial charge in [-0.25, -0.2) is 4.98 Å². The zero-order valence-corrected chi connectivity index (χ0v) is 10.7. The molecule has 0 aliphatic heterocycles. The van der Waals surface area contributed by atoms with Crippen LogP contribution in [0.3, 0.4) is 0 Å². The third-order valence-electron chi connectivity index (χ3n) is 3.02. The SMILES string of the molecule is Oc1ccc(-c2coc(Cc3ccccc3)n2)cc1O. The lowest BCUT2D eigenvalue weighted by molar-refractivity contribution is 0.404. The molecule has 0 bridgehead atoms. The lowest BCUT2D eigenvalue weighted by atomic mass is 10.1. The molecule has 100 valence electrons. The Labute approximate surface area is 116 Å². The lowest BCUT2D eigenvalue weighted by Crippen LogP contribution is -1.87. The fourth-order valence-corrected chi connectivity index (χ4v) is 1.98. The summed E-state index contributed by atoms with van der Waals surface area (Å²) in [6, 6.07) is 14.5. The second-order valence-corrected chi connectivity index (χ2v) is 4.49. The molecule has 0 spiro atoms. The van der Waals surface area contributed by atoms with E-state index in [9.17, 15) is 10.2 Å². The summed E-state index contributed by atoms with van der Waals surface area (Å²) in [4.78, 5) is 4.39. The first kappa shape index (κ1) is 12.3. The highest BCUT2D eigenvalue weighted by Gasteiger charge is 2.09. The Bertz CT molecular complexity index is 720. The van der Waals surface area contributed by atoms with Gasteiger partial charge in [0.15, 0.2) is 17.4 Å². The number of rotatable bonds is 3. The van der Waals surface area contributed by atoms with Crippen LogP contribution in [-0.2, 0) is 6.42 Å². The van der Waals surface area contributed by atoms with Gasteiger partial charge in [-0.2, -0.15) is 0 Å². The van der Waals surface area contributed by atoms with Gasteiger partial charge in [0.2, 0.25) is 0 Å². The zero-order chi connectivity index (χ0) is 13.9. The number of nitrogens with zero attached hydrogens (tertiary/aromatic N) is 1. The summed E-state index contributed by atoms with van der Waals surface area (Å²) < 4.78 is 5.44. The molecule has 20 heavy (non-hydrogen) atoms. The third kappa shape index (κ3) is 2.49. The second kappa shape index (κ2) is 5.09. The molecule has 3 rings (SSSR count). The molecule has 4 nitrogen and oxygen atoms in total. The van der Waals surface area contributed by atoms with E-state index in [1.165, 1.54) is 12.1 Å². The van der Waals surface area contributed by atoms with Crippen molar-refractivity contribution in [3.8, 4) is 22.8 Å². The molecule has 0 amide bonds. The molecular formula is C16H13NO3. The Kier molecular flexibility index (Phi) is 3.13. The number of aromatic nitrogens is 1. The molecule has 0 unspecified atom stereocenters. The van der Waals surface area contributed by atoms with Crippen molar-refractivity contribution in [1.29, 1.82) is 0 Å². The molecule has 0 aliphatic rings. The first-order valence-electron chi connectivity index (χ1n) is 6.23. The van der Waals surface area contributed by atoms with Crippen molar-refractivity contribution in [2.75, 3.05) is 0 Å². The fourth-order valence-electron chi connectivity index (χ4n) is 1.98. The van der Waals surface area contributed by atoms with E-state index in [2.05, 4.69) is 4.98 Å². The predicted molar refractivity (Wildman–Crippen MR) is 74.5 cm³/mol. The van der Waals surface area contributed by atoms with Gasteiger partial charge in [-0.05, 0) is 23.8 Å². The Morgan fingerprint density at radius 3 is 2.50 bits per heavy atom. The van der Waals surface area contributed by atoms with Crippen molar-refractivity contribution in [2.24, 2.45) is 0 Å². The average molecular weight is 267 g/mol. The number of benzene rings is 2. The Morgan fingerprint density at radius 1 is 0.950 bits per heavy atom. The highest BCUT2D eigenvalue weighted by molar-refractivity contribution is 5.62. The van der Waals surface area contributed by atoms with E-state index < -0.39 is 0 Å². The van der Waals surface area contributed by atoms with E-state index in [-0.39, 0.29) is 11.5 Å². The van der Waals surface area contributed by atoms with Crippen LogP contribution in [0.4, 0.5) is 0 Å². The van der Waals surface area contributed by atoms with Crippen LogP contribution in [0.5, 0.6) is 11.5 Å². The van der Waals surface area contributed by atoms with Gasteiger partial charge in [-0.3, -0.25) is 0 Å². The molecule has 0 saturated carbocycles. The molecule has 4 heteroatoms. The van der Waals surface area contributed by atoms with Gasteiger partial charge in [0.1, 0.15) is 12.0 Å². The number of hydrogen-bond acceptors (Lipinski definition) is 4. The van der Waals surface area contributed by atoms with Crippen molar-refractivity contribution in [3.63, 3.8) is 0 Å². The van der Waals surface area contributed by atoms with Crippen LogP contribution in [0.15, 0.2) is 59.2 Å². The average Bonchev–Trinajstić information content (AvgIpc) is 2.91. The maximum atomic E-state index is 9.50. The first-order valence-corrected chi connectivity index (χ1v) is 6.23. The van der Waals surface area contributed by atoms with Crippen LogP contribution in [-0.4, -0.2) is 15.2 Å². The van der Waals surface area contributed by atoms with E-state index in [0.717, 1.165) is 5.56 Å². The maximum absolute atomic E-state index is 9.50. The van der Waals surface area contributed by atoms with Gasteiger partial charge in [-0.15, -0.1) is 0 Å². The van der Waals surface area contributed by atoms with E-state index in [1.807, 2.05) is 30.3 Å². The highest BCUT2D eigenvalue weighted by atomic mass is 16.3. The van der Waals surface area contributed by atoms with Crippen LogP contribution in [0.1, 0.15) is 11.5 Å². The smallest absolute Gasteiger partial charge is 0.198 e. The molecule has 1 heterocycles. The van der Waals surface area contributed by atoms with Crippen molar-refractivity contribution in [3.05, 3.63) is 66.2 Å². The molecule has 0 radical (unpaired) electrons. The molecule has 0 saturated heterocycles. The molecule has 0 fully saturated rings. The van der Waals surface area contributed by atoms with E-state index >= 15 is 0 Å². The van der Waals surface area contributed by atoms with Crippen LogP contribution in [0, 0.1) is 0 Å². The van der Waals surface area contributed by atoms with Gasteiger partial charge in [0, 0.05) is 12.0 Å². The summed E-state index contributed by atoms with van der Waals surface area (Å²) in [6.45, 7) is 0. The monoisotopic (exact) mass is 267 g/mol. The van der Waals surface area contributed by atoms with Crippen molar-refractivity contribution in [1.82, 2.24) is 4.98 Å². The third-order valence-corrected chi connectivity index (χ3v) is 3.02. The summed E-state index contributed by atoms with van der Waals surface area (Å²) in [6.07, 6.45) is 2.16. The topological polar surface area (TPSA) is 66.5 Å². The quantitative estimate of drug-likeness (QED) is 0.714. The van der Waals surface area contributed by atoms with E-state index in [0.29, 0.717) is 23.6 Å². The number of oxazole rings is 1. The Balaban J connectivity index is 1.84. The summed E-state index contributed by atoms with van der Waals surface area (Å²) in [5.41, 5.74) is 2.45. The van der Waals surface area contributed by atoms with Gasteiger partial charge >= 0.3 is 0 Å². The molecule has 2 aromatic carbocycles. The van der Waals surface area contributed by atoms with Crippen molar-refractivity contribution < 1.29 is 14.6 Å². The maximum Gasteiger partial charge on any atom is 0.198 e. The first-order chi connectivity index (χ1) is 9.72. The molecular weight excluding hydrogens is 254 g/mol. The summed E-state index contributed by atoms with van der Waals surface area (Å²) in [7, 11) is 0. The van der Waals surface area contributed by atoms with Gasteiger partial charge in [-0.1, -0.05) is 30.3 Å². The standard InChI is InChI=1S/C16H13NO3/c18-14-7-6-12(9-15(14)19)13-10-20-16(17-13)8-11-4-2-1-3-5-11/h1-7,9-10,18-19H,8H2. The van der Waals surface area contributed by atoms with Gasteiger partial charge in [0.05, 0.1) is 0 Å². The van der Waals surface area contributed by atoms with Crippen molar-refractivity contribution in [2.45, 2.75) is 6.42 Å². The number of phenols is 2. The lowest BCUT2D eigenvalue weighted by Gasteiger charge is -1.99. The molecule has 3 aromatic rings. The Morgan fingerprint density at radius 2 is 1.75 bits per heavy atom. The Hall–Kier alpha value is -2.75. The summed E-state index contributed by atoms with van der Waals surface area (Å²) in [5.74, 6) is 0.288. The zero-order valence-electron chi connectivity index (χ0n) is 10.7. The molecule has 2 N–H and O–H groups in total. The minimum atomic E-state index is -0.171. The highest BCUT2D eigenvalue weighted by Crippen LogP contribution is 2.30. The fraction of sp³-hybridized carbons (Fsp3) is 0.0625. The normalized spacial score (nSPS) is 10.6. The molecule has 0 aliphatic carbocycles. The van der Waals surface area contributed by atoms with Gasteiger partial charge in [0.25, 0.3) is 0 Å². The minimum Gasteiger partial charge on any atom is -0.504 e.